The van der Waals surface area contributed by atoms with Gasteiger partial charge >= 0.3 is 0 Å². The average molecular weight is 238 g/mol. The highest BCUT2D eigenvalue weighted by molar-refractivity contribution is 6.32. The van der Waals surface area contributed by atoms with E-state index in [1.165, 1.54) is 5.56 Å². The summed E-state index contributed by atoms with van der Waals surface area (Å²) in [5.41, 5.74) is 7.88. The van der Waals surface area contributed by atoms with Gasteiger partial charge in [0.25, 0.3) is 0 Å². The summed E-state index contributed by atoms with van der Waals surface area (Å²) in [5.74, 6) is 1.37. The Kier molecular flexibility index (Phi) is 3.17. The normalized spacial score (nSPS) is 13.2. The Labute approximate surface area is 100 Å². The van der Waals surface area contributed by atoms with Crippen molar-refractivity contribution in [3.63, 3.8) is 0 Å². The summed E-state index contributed by atoms with van der Waals surface area (Å²) in [5, 5.41) is 0.581. The Bertz CT molecular complexity index is 504. The van der Waals surface area contributed by atoms with Gasteiger partial charge in [-0.05, 0) is 37.4 Å². The van der Waals surface area contributed by atoms with Gasteiger partial charge in [-0.2, -0.15) is 0 Å². The second kappa shape index (κ2) is 4.44. The highest BCUT2D eigenvalue weighted by atomic mass is 35.5. The molecule has 0 spiro atoms. The molecule has 0 radical (unpaired) electrons. The Morgan fingerprint density at radius 2 is 2.31 bits per heavy atom. The molecule has 16 heavy (non-hydrogen) atoms. The maximum atomic E-state index is 6.15. The molecule has 1 unspecified atom stereocenters. The predicted octanol–water partition coefficient (Wildman–Crippen LogP) is 2.43. The van der Waals surface area contributed by atoms with Crippen LogP contribution in [-0.4, -0.2) is 15.9 Å². The van der Waals surface area contributed by atoms with E-state index in [0.29, 0.717) is 17.6 Å². The molecule has 0 saturated carbocycles. The second-order valence-corrected chi connectivity index (χ2v) is 4.60. The van der Waals surface area contributed by atoms with Gasteiger partial charge in [-0.25, -0.2) is 4.98 Å². The molecule has 2 aromatic rings. The Morgan fingerprint density at radius 3 is 3.00 bits per heavy atom. The van der Waals surface area contributed by atoms with Crippen LogP contribution in [0, 0.1) is 12.8 Å². The maximum absolute atomic E-state index is 6.15. The first kappa shape index (κ1) is 11.4. The number of nitrogens with zero attached hydrogens (tertiary/aromatic N) is 2. The van der Waals surface area contributed by atoms with E-state index in [2.05, 4.69) is 18.0 Å². The fourth-order valence-electron chi connectivity index (χ4n) is 1.93. The number of nitrogens with two attached hydrogens (primary N) is 1. The fourth-order valence-corrected chi connectivity index (χ4v) is 2.26. The van der Waals surface area contributed by atoms with Gasteiger partial charge in [-0.1, -0.05) is 24.6 Å². The lowest BCUT2D eigenvalue weighted by Crippen LogP contribution is -2.13. The minimum atomic E-state index is 0.456. The first-order valence-electron chi connectivity index (χ1n) is 5.45. The Balaban J connectivity index is 2.53. The molecule has 0 aliphatic heterocycles. The zero-order valence-electron chi connectivity index (χ0n) is 9.57. The third kappa shape index (κ3) is 1.93. The van der Waals surface area contributed by atoms with Crippen LogP contribution in [0.2, 0.25) is 5.15 Å². The van der Waals surface area contributed by atoms with Crippen LogP contribution in [-0.2, 0) is 6.42 Å². The molecule has 3 nitrogen and oxygen atoms in total. The van der Waals surface area contributed by atoms with Crippen molar-refractivity contribution >= 4 is 17.1 Å². The van der Waals surface area contributed by atoms with Crippen LogP contribution in [0.15, 0.2) is 18.3 Å². The number of imidazole rings is 1. The lowest BCUT2D eigenvalue weighted by molar-refractivity contribution is 0.594. The maximum Gasteiger partial charge on any atom is 0.155 e. The molecule has 0 amide bonds. The molecule has 4 heteroatoms. The summed E-state index contributed by atoms with van der Waals surface area (Å²) in [4.78, 5) is 4.28. The van der Waals surface area contributed by atoms with E-state index in [9.17, 15) is 0 Å². The Hall–Kier alpha value is -1.06. The zero-order valence-corrected chi connectivity index (χ0v) is 10.3. The van der Waals surface area contributed by atoms with Crippen molar-refractivity contribution in [1.29, 1.82) is 0 Å². The van der Waals surface area contributed by atoms with E-state index in [1.54, 1.807) is 0 Å². The highest BCUT2D eigenvalue weighted by Crippen LogP contribution is 2.23. The SMILES string of the molecule is Cc1nc(Cl)c2c(CC(C)CN)cccn12. The number of aryl methyl sites for hydroxylation is 1. The van der Waals surface area contributed by atoms with Gasteiger partial charge in [-0.3, -0.25) is 0 Å². The van der Waals surface area contributed by atoms with E-state index in [0.717, 1.165) is 17.8 Å². The van der Waals surface area contributed by atoms with Gasteiger partial charge in [0, 0.05) is 6.20 Å². The van der Waals surface area contributed by atoms with Gasteiger partial charge < -0.3 is 10.1 Å². The van der Waals surface area contributed by atoms with E-state index in [-0.39, 0.29) is 0 Å². The van der Waals surface area contributed by atoms with E-state index in [1.807, 2.05) is 23.6 Å². The molecule has 1 atom stereocenters. The largest absolute Gasteiger partial charge is 0.330 e. The predicted molar refractivity (Wildman–Crippen MR) is 66.9 cm³/mol. The molecular formula is C12H16ClN3. The first-order valence-corrected chi connectivity index (χ1v) is 5.83. The van der Waals surface area contributed by atoms with Gasteiger partial charge in [-0.15, -0.1) is 0 Å². The molecule has 2 aromatic heterocycles. The molecule has 0 bridgehead atoms. The summed E-state index contributed by atoms with van der Waals surface area (Å²) in [7, 11) is 0. The van der Waals surface area contributed by atoms with Crippen LogP contribution >= 0.6 is 11.6 Å². The molecule has 0 aromatic carbocycles. The molecular weight excluding hydrogens is 222 g/mol. The molecule has 2 heterocycles. The number of aromatic nitrogens is 2. The summed E-state index contributed by atoms with van der Waals surface area (Å²) >= 11 is 6.15. The van der Waals surface area contributed by atoms with Crippen molar-refractivity contribution in [3.05, 3.63) is 34.9 Å². The number of halogens is 1. The summed E-state index contributed by atoms with van der Waals surface area (Å²) in [6.07, 6.45) is 2.92. The number of fused-ring (bicyclic) bond motifs is 1. The van der Waals surface area contributed by atoms with Gasteiger partial charge in [0.15, 0.2) is 5.15 Å². The van der Waals surface area contributed by atoms with Crippen LogP contribution in [0.3, 0.4) is 0 Å². The van der Waals surface area contributed by atoms with Crippen molar-refractivity contribution in [1.82, 2.24) is 9.38 Å². The molecule has 0 fully saturated rings. The third-order valence-electron chi connectivity index (χ3n) is 2.85. The van der Waals surface area contributed by atoms with Crippen molar-refractivity contribution in [2.75, 3.05) is 6.54 Å². The lowest BCUT2D eigenvalue weighted by atomic mass is 10.0. The third-order valence-corrected chi connectivity index (χ3v) is 3.12. The first-order chi connectivity index (χ1) is 7.63. The minimum absolute atomic E-state index is 0.456. The van der Waals surface area contributed by atoms with E-state index in [4.69, 9.17) is 17.3 Å². The molecule has 2 N–H and O–H groups in total. The van der Waals surface area contributed by atoms with Crippen molar-refractivity contribution in [3.8, 4) is 0 Å². The monoisotopic (exact) mass is 237 g/mol. The highest BCUT2D eigenvalue weighted by Gasteiger charge is 2.11. The molecule has 2 rings (SSSR count). The van der Waals surface area contributed by atoms with Crippen molar-refractivity contribution < 1.29 is 0 Å². The molecule has 86 valence electrons. The fraction of sp³-hybridized carbons (Fsp3) is 0.417. The Morgan fingerprint density at radius 1 is 1.56 bits per heavy atom. The van der Waals surface area contributed by atoms with Crippen LogP contribution in [0.5, 0.6) is 0 Å². The number of rotatable bonds is 3. The zero-order chi connectivity index (χ0) is 11.7. The second-order valence-electron chi connectivity index (χ2n) is 4.25. The van der Waals surface area contributed by atoms with Gasteiger partial charge in [0.2, 0.25) is 0 Å². The topological polar surface area (TPSA) is 43.3 Å². The van der Waals surface area contributed by atoms with Gasteiger partial charge in [0.1, 0.15) is 5.82 Å². The summed E-state index contributed by atoms with van der Waals surface area (Å²) < 4.78 is 2.03. The number of pyridine rings is 1. The lowest BCUT2D eigenvalue weighted by Gasteiger charge is -2.10. The van der Waals surface area contributed by atoms with Crippen LogP contribution < -0.4 is 5.73 Å². The minimum Gasteiger partial charge on any atom is -0.330 e. The van der Waals surface area contributed by atoms with Crippen LogP contribution in [0.4, 0.5) is 0 Å². The van der Waals surface area contributed by atoms with Crippen molar-refractivity contribution in [2.24, 2.45) is 11.7 Å². The molecule has 0 aliphatic rings. The van der Waals surface area contributed by atoms with E-state index >= 15 is 0 Å². The van der Waals surface area contributed by atoms with Gasteiger partial charge in [0.05, 0.1) is 5.52 Å². The average Bonchev–Trinajstić information content (AvgIpc) is 2.56. The summed E-state index contributed by atoms with van der Waals surface area (Å²) in [6.45, 7) is 4.78. The molecule has 0 aliphatic carbocycles. The molecule has 0 saturated heterocycles. The smallest absolute Gasteiger partial charge is 0.155 e. The number of hydrogen-bond donors (Lipinski definition) is 1. The van der Waals surface area contributed by atoms with Crippen LogP contribution in [0.25, 0.3) is 5.52 Å². The van der Waals surface area contributed by atoms with Crippen LogP contribution in [0.1, 0.15) is 18.3 Å². The standard InChI is InChI=1S/C12H16ClN3/c1-8(7-14)6-10-4-3-5-16-9(2)15-12(13)11(10)16/h3-5,8H,6-7,14H2,1-2H3. The number of hydrogen-bond acceptors (Lipinski definition) is 2. The van der Waals surface area contributed by atoms with E-state index < -0.39 is 0 Å². The van der Waals surface area contributed by atoms with Crippen molar-refractivity contribution in [2.45, 2.75) is 20.3 Å². The summed E-state index contributed by atoms with van der Waals surface area (Å²) in [6, 6.07) is 4.12. The quantitative estimate of drug-likeness (QED) is 0.891.